The monoisotopic (exact) mass is 516 g/mol. The Labute approximate surface area is 221 Å². The Morgan fingerprint density at radius 1 is 1.08 bits per heavy atom. The standard InChI is InChI=1S/C28H29ClN6O2/c1-19-11-13-22(14-12-19)35-25(17-23(34-35)20-7-3-2-4-8-20)32-28(36)31-18-21-9-5-6-10-24(21)37-26-15-16-30-27(29)33-26/h5-6,9-17,20H,2-4,7-8,18H2,1H3,(H2,31,32,36). The summed E-state index contributed by atoms with van der Waals surface area (Å²) in [6.45, 7) is 2.31. The molecule has 0 bridgehead atoms. The summed E-state index contributed by atoms with van der Waals surface area (Å²) in [4.78, 5) is 20.9. The number of anilines is 1. The van der Waals surface area contributed by atoms with Gasteiger partial charge >= 0.3 is 6.03 Å². The van der Waals surface area contributed by atoms with Crippen molar-refractivity contribution in [2.75, 3.05) is 5.32 Å². The maximum atomic E-state index is 13.0. The average Bonchev–Trinajstić information content (AvgIpc) is 3.33. The van der Waals surface area contributed by atoms with Crippen molar-refractivity contribution in [1.29, 1.82) is 0 Å². The summed E-state index contributed by atoms with van der Waals surface area (Å²) in [5.74, 6) is 1.96. The summed E-state index contributed by atoms with van der Waals surface area (Å²) < 4.78 is 7.69. The van der Waals surface area contributed by atoms with Crippen molar-refractivity contribution >= 4 is 23.4 Å². The predicted molar refractivity (Wildman–Crippen MR) is 144 cm³/mol. The molecule has 2 N–H and O–H groups in total. The molecular weight excluding hydrogens is 488 g/mol. The summed E-state index contributed by atoms with van der Waals surface area (Å²) in [5.41, 5.74) is 3.89. The minimum Gasteiger partial charge on any atom is -0.439 e. The van der Waals surface area contributed by atoms with Crippen molar-refractivity contribution in [2.24, 2.45) is 0 Å². The summed E-state index contributed by atoms with van der Waals surface area (Å²) in [7, 11) is 0. The number of benzene rings is 2. The molecule has 2 amide bonds. The van der Waals surface area contributed by atoms with Crippen molar-refractivity contribution in [2.45, 2.75) is 51.5 Å². The maximum absolute atomic E-state index is 13.0. The van der Waals surface area contributed by atoms with Crippen LogP contribution in [-0.4, -0.2) is 25.8 Å². The lowest BCUT2D eigenvalue weighted by Crippen LogP contribution is -2.29. The van der Waals surface area contributed by atoms with Crippen LogP contribution in [0.3, 0.4) is 0 Å². The van der Waals surface area contributed by atoms with E-state index in [9.17, 15) is 4.79 Å². The van der Waals surface area contributed by atoms with Gasteiger partial charge < -0.3 is 10.1 Å². The van der Waals surface area contributed by atoms with Gasteiger partial charge in [-0.1, -0.05) is 55.2 Å². The summed E-state index contributed by atoms with van der Waals surface area (Å²) in [6.07, 6.45) is 7.49. The molecule has 190 valence electrons. The predicted octanol–water partition coefficient (Wildman–Crippen LogP) is 6.79. The largest absolute Gasteiger partial charge is 0.439 e. The molecular formula is C28H29ClN6O2. The number of para-hydroxylation sites is 1. The highest BCUT2D eigenvalue weighted by Gasteiger charge is 2.21. The number of carbonyl (C=O) groups is 1. The fraction of sp³-hybridized carbons (Fsp3) is 0.286. The number of hydrogen-bond acceptors (Lipinski definition) is 5. The highest BCUT2D eigenvalue weighted by Crippen LogP contribution is 2.34. The number of amides is 2. The van der Waals surface area contributed by atoms with Crippen LogP contribution in [0.15, 0.2) is 66.9 Å². The molecule has 8 nitrogen and oxygen atoms in total. The van der Waals surface area contributed by atoms with Gasteiger partial charge in [0, 0.05) is 36.4 Å². The molecule has 2 aromatic carbocycles. The van der Waals surface area contributed by atoms with Gasteiger partial charge in [0.05, 0.1) is 11.4 Å². The van der Waals surface area contributed by atoms with Crippen molar-refractivity contribution < 1.29 is 9.53 Å². The van der Waals surface area contributed by atoms with E-state index in [1.165, 1.54) is 31.0 Å². The zero-order valence-corrected chi connectivity index (χ0v) is 21.4. The SMILES string of the molecule is Cc1ccc(-n2nc(C3CCCCC3)cc2NC(=O)NCc2ccccc2Oc2ccnc(Cl)n2)cc1. The number of aryl methyl sites for hydroxylation is 1. The van der Waals surface area contributed by atoms with Crippen LogP contribution >= 0.6 is 11.6 Å². The van der Waals surface area contributed by atoms with Crippen LogP contribution in [0.5, 0.6) is 11.6 Å². The minimum atomic E-state index is -0.330. The maximum Gasteiger partial charge on any atom is 0.320 e. The molecule has 0 saturated heterocycles. The second-order valence-corrected chi connectivity index (χ2v) is 9.56. The quantitative estimate of drug-likeness (QED) is 0.264. The number of aromatic nitrogens is 4. The molecule has 0 radical (unpaired) electrons. The fourth-order valence-electron chi connectivity index (χ4n) is 4.54. The number of rotatable bonds is 7. The molecule has 0 spiro atoms. The van der Waals surface area contributed by atoms with Crippen LogP contribution < -0.4 is 15.4 Å². The first-order valence-electron chi connectivity index (χ1n) is 12.5. The van der Waals surface area contributed by atoms with Gasteiger partial charge in [0.2, 0.25) is 11.2 Å². The van der Waals surface area contributed by atoms with E-state index in [-0.39, 0.29) is 17.9 Å². The molecule has 2 heterocycles. The van der Waals surface area contributed by atoms with Gasteiger partial charge in [0.15, 0.2) is 0 Å². The van der Waals surface area contributed by atoms with Crippen LogP contribution in [0, 0.1) is 6.92 Å². The molecule has 1 fully saturated rings. The molecule has 0 atom stereocenters. The van der Waals surface area contributed by atoms with Gasteiger partial charge in [-0.2, -0.15) is 10.1 Å². The Balaban J connectivity index is 1.31. The number of nitrogens with zero attached hydrogens (tertiary/aromatic N) is 4. The Bertz CT molecular complexity index is 1370. The van der Waals surface area contributed by atoms with Crippen molar-refractivity contribution in [3.63, 3.8) is 0 Å². The summed E-state index contributed by atoms with van der Waals surface area (Å²) in [6, 6.07) is 18.9. The second kappa shape index (κ2) is 11.4. The molecule has 0 aliphatic heterocycles. The first kappa shape index (κ1) is 24.8. The highest BCUT2D eigenvalue weighted by molar-refractivity contribution is 6.28. The number of ether oxygens (including phenoxy) is 1. The molecule has 1 aliphatic rings. The van der Waals surface area contributed by atoms with E-state index in [4.69, 9.17) is 21.4 Å². The molecule has 1 aliphatic carbocycles. The van der Waals surface area contributed by atoms with Crippen LogP contribution in [0.1, 0.15) is 54.8 Å². The van der Waals surface area contributed by atoms with E-state index in [0.29, 0.717) is 23.4 Å². The van der Waals surface area contributed by atoms with Crippen molar-refractivity contribution in [3.05, 3.63) is 89.0 Å². The van der Waals surface area contributed by atoms with Gasteiger partial charge in [0.25, 0.3) is 0 Å². The summed E-state index contributed by atoms with van der Waals surface area (Å²) >= 11 is 5.87. The van der Waals surface area contributed by atoms with Gasteiger partial charge in [0.1, 0.15) is 11.6 Å². The van der Waals surface area contributed by atoms with Crippen molar-refractivity contribution in [3.8, 4) is 17.3 Å². The first-order chi connectivity index (χ1) is 18.0. The second-order valence-electron chi connectivity index (χ2n) is 9.22. The number of nitrogens with one attached hydrogen (secondary N) is 2. The average molecular weight is 517 g/mol. The smallest absolute Gasteiger partial charge is 0.320 e. The van der Waals surface area contributed by atoms with E-state index in [0.717, 1.165) is 29.8 Å². The van der Waals surface area contributed by atoms with Crippen LogP contribution in [0.4, 0.5) is 10.6 Å². The van der Waals surface area contributed by atoms with Gasteiger partial charge in [-0.3, -0.25) is 5.32 Å². The first-order valence-corrected chi connectivity index (χ1v) is 12.9. The Morgan fingerprint density at radius 2 is 1.86 bits per heavy atom. The Morgan fingerprint density at radius 3 is 2.65 bits per heavy atom. The lowest BCUT2D eigenvalue weighted by atomic mass is 9.87. The number of halogens is 1. The molecule has 4 aromatic rings. The van der Waals surface area contributed by atoms with Gasteiger partial charge in [-0.25, -0.2) is 14.5 Å². The number of hydrogen-bond donors (Lipinski definition) is 2. The minimum absolute atomic E-state index is 0.102. The Kier molecular flexibility index (Phi) is 7.65. The van der Waals surface area contributed by atoms with E-state index in [2.05, 4.69) is 20.6 Å². The highest BCUT2D eigenvalue weighted by atomic mass is 35.5. The van der Waals surface area contributed by atoms with E-state index >= 15 is 0 Å². The zero-order chi connectivity index (χ0) is 25.6. The topological polar surface area (TPSA) is 94.0 Å². The summed E-state index contributed by atoms with van der Waals surface area (Å²) in [5, 5.41) is 10.9. The van der Waals surface area contributed by atoms with Gasteiger partial charge in [-0.15, -0.1) is 0 Å². The molecule has 37 heavy (non-hydrogen) atoms. The van der Waals surface area contributed by atoms with Crippen LogP contribution in [-0.2, 0) is 6.54 Å². The molecule has 1 saturated carbocycles. The van der Waals surface area contributed by atoms with Gasteiger partial charge in [-0.05, 0) is 49.6 Å². The number of urea groups is 1. The Hall–Kier alpha value is -3.91. The zero-order valence-electron chi connectivity index (χ0n) is 20.7. The normalized spacial score (nSPS) is 13.8. The third-order valence-corrected chi connectivity index (χ3v) is 6.68. The van der Waals surface area contributed by atoms with E-state index in [1.54, 1.807) is 6.07 Å². The number of carbonyl (C=O) groups excluding carboxylic acids is 1. The lowest BCUT2D eigenvalue weighted by molar-refractivity contribution is 0.251. The lowest BCUT2D eigenvalue weighted by Gasteiger charge is -2.19. The van der Waals surface area contributed by atoms with E-state index < -0.39 is 0 Å². The molecule has 9 heteroatoms. The molecule has 0 unspecified atom stereocenters. The molecule has 5 rings (SSSR count). The third-order valence-electron chi connectivity index (χ3n) is 6.50. The third kappa shape index (κ3) is 6.27. The van der Waals surface area contributed by atoms with Crippen molar-refractivity contribution in [1.82, 2.24) is 25.1 Å². The molecule has 2 aromatic heterocycles. The van der Waals surface area contributed by atoms with Crippen LogP contribution in [0.2, 0.25) is 5.28 Å². The van der Waals surface area contributed by atoms with Crippen LogP contribution in [0.25, 0.3) is 5.69 Å². The fourth-order valence-corrected chi connectivity index (χ4v) is 4.68. The van der Waals surface area contributed by atoms with E-state index in [1.807, 2.05) is 66.2 Å².